The lowest BCUT2D eigenvalue weighted by atomic mass is 10.8. The van der Waals surface area contributed by atoms with Gasteiger partial charge in [0.25, 0.3) is 0 Å². The van der Waals surface area contributed by atoms with Gasteiger partial charge in [-0.15, -0.1) is 0 Å². The quantitative estimate of drug-likeness (QED) is 0.429. The van der Waals surface area contributed by atoms with Crippen molar-refractivity contribution in [3.63, 3.8) is 0 Å². The highest BCUT2D eigenvalue weighted by molar-refractivity contribution is 4.68. The molecule has 0 aromatic rings. The second-order valence-corrected chi connectivity index (χ2v) is 1.56. The number of halogens is 2. The SMILES string of the molecule is F[NH+](F)C1CC1. The van der Waals surface area contributed by atoms with Crippen LogP contribution < -0.4 is 5.34 Å². The summed E-state index contributed by atoms with van der Waals surface area (Å²) in [5.41, 5.74) is 0. The van der Waals surface area contributed by atoms with Gasteiger partial charge in [0, 0.05) is 27.1 Å². The number of hydrogen-bond donors (Lipinski definition) is 1. The smallest absolute Gasteiger partial charge is 0.0122 e. The van der Waals surface area contributed by atoms with Crippen molar-refractivity contribution >= 4 is 0 Å². The van der Waals surface area contributed by atoms with Crippen LogP contribution in [0, 0.1) is 0 Å². The fourth-order valence-corrected chi connectivity index (χ4v) is 0.302. The molecule has 0 heterocycles. The van der Waals surface area contributed by atoms with Crippen molar-refractivity contribution in [2.75, 3.05) is 0 Å². The van der Waals surface area contributed by atoms with Crippen LogP contribution in [-0.4, -0.2) is 6.04 Å². The molecule has 0 bridgehead atoms. The molecule has 0 spiro atoms. The Labute approximate surface area is 34.4 Å². The zero-order valence-corrected chi connectivity index (χ0v) is 3.25. The maximum absolute atomic E-state index is 11.1. The molecule has 3 heteroatoms. The standard InChI is InChI=1S/C3H5F2N/c4-6(5)3-1-2-3/h3H,1-2H2/p+1. The molecule has 1 fully saturated rings. The van der Waals surface area contributed by atoms with Crippen molar-refractivity contribution in [1.29, 1.82) is 0 Å². The van der Waals surface area contributed by atoms with Crippen LogP contribution in [0.3, 0.4) is 0 Å². The normalized spacial score (nSPS) is 22.5. The van der Waals surface area contributed by atoms with Gasteiger partial charge in [-0.2, -0.15) is 0 Å². The fourth-order valence-electron chi connectivity index (χ4n) is 0.302. The van der Waals surface area contributed by atoms with Gasteiger partial charge in [-0.25, -0.2) is 0 Å². The molecule has 36 valence electrons. The molecule has 1 aliphatic carbocycles. The largest absolute Gasteiger partial charge is 0.163 e. The second kappa shape index (κ2) is 1.15. The van der Waals surface area contributed by atoms with Crippen LogP contribution in [-0.2, 0) is 0 Å². The van der Waals surface area contributed by atoms with Crippen LogP contribution in [0.5, 0.6) is 0 Å². The predicted octanol–water partition coefficient (Wildman–Crippen LogP) is -0.197. The highest BCUT2D eigenvalue weighted by Gasteiger charge is 2.35. The van der Waals surface area contributed by atoms with Gasteiger partial charge in [0.15, 0.2) is 6.04 Å². The van der Waals surface area contributed by atoms with E-state index in [0.717, 1.165) is 0 Å². The Kier molecular flexibility index (Phi) is 0.765. The first-order valence-corrected chi connectivity index (χ1v) is 1.98. The van der Waals surface area contributed by atoms with Gasteiger partial charge >= 0.3 is 0 Å². The summed E-state index contributed by atoms with van der Waals surface area (Å²) < 4.78 is 22.3. The Balaban J connectivity index is 2.13. The maximum Gasteiger partial charge on any atom is 0.163 e. The topological polar surface area (TPSA) is 4.44 Å². The summed E-state index contributed by atoms with van der Waals surface area (Å²) in [6.45, 7) is 0. The number of rotatable bonds is 1. The van der Waals surface area contributed by atoms with E-state index in [1.54, 1.807) is 0 Å². The highest BCUT2D eigenvalue weighted by Crippen LogP contribution is 2.14. The molecule has 1 aliphatic rings. The van der Waals surface area contributed by atoms with Crippen molar-refractivity contribution < 1.29 is 14.3 Å². The molecule has 1 nitrogen and oxygen atoms in total. The molecule has 0 atom stereocenters. The van der Waals surface area contributed by atoms with E-state index in [0.29, 0.717) is 12.8 Å². The second-order valence-electron chi connectivity index (χ2n) is 1.56. The Morgan fingerprint density at radius 1 is 1.33 bits per heavy atom. The lowest BCUT2D eigenvalue weighted by Gasteiger charge is -1.82. The summed E-state index contributed by atoms with van der Waals surface area (Å²) in [4.78, 5) is 0. The van der Waals surface area contributed by atoms with E-state index in [2.05, 4.69) is 0 Å². The van der Waals surface area contributed by atoms with Crippen LogP contribution in [0.25, 0.3) is 0 Å². The Bertz CT molecular complexity index is 50.8. The minimum absolute atomic E-state index is 0.315. The lowest BCUT2D eigenvalue weighted by molar-refractivity contribution is -1.17. The van der Waals surface area contributed by atoms with E-state index >= 15 is 0 Å². The molecular weight excluding hydrogens is 88.0 g/mol. The number of hydrogen-bond acceptors (Lipinski definition) is 0. The predicted molar refractivity (Wildman–Crippen MR) is 16.2 cm³/mol. The minimum Gasteiger partial charge on any atom is 0.0122 e. The maximum atomic E-state index is 11.1. The zero-order chi connectivity index (χ0) is 4.57. The molecule has 1 saturated carbocycles. The summed E-state index contributed by atoms with van der Waals surface area (Å²) >= 11 is 0. The average Bonchev–Trinajstić information content (AvgIpc) is 2.06. The highest BCUT2D eigenvalue weighted by atomic mass is 19.4. The average molecular weight is 94.1 g/mol. The zero-order valence-electron chi connectivity index (χ0n) is 3.25. The first-order chi connectivity index (χ1) is 2.80. The molecule has 1 N–H and O–H groups in total. The Morgan fingerprint density at radius 3 is 1.83 bits per heavy atom. The monoisotopic (exact) mass is 94.0 g/mol. The molecule has 6 heavy (non-hydrogen) atoms. The summed E-state index contributed by atoms with van der Waals surface area (Å²) in [5.74, 6) is 0. The fraction of sp³-hybridized carbons (Fsp3) is 1.00. The lowest BCUT2D eigenvalue weighted by Crippen LogP contribution is -2.98. The van der Waals surface area contributed by atoms with Gasteiger partial charge < -0.3 is 0 Å². The molecule has 0 aromatic heterocycles. The molecule has 0 saturated heterocycles. The van der Waals surface area contributed by atoms with Crippen LogP contribution >= 0.6 is 0 Å². The van der Waals surface area contributed by atoms with Crippen molar-refractivity contribution in [1.82, 2.24) is 0 Å². The first-order valence-electron chi connectivity index (χ1n) is 1.98. The van der Waals surface area contributed by atoms with E-state index in [1.165, 1.54) is 0 Å². The van der Waals surface area contributed by atoms with Crippen molar-refractivity contribution in [2.45, 2.75) is 18.9 Å². The van der Waals surface area contributed by atoms with Crippen LogP contribution in [0.2, 0.25) is 0 Å². The van der Waals surface area contributed by atoms with Gasteiger partial charge in [-0.05, 0) is 0 Å². The van der Waals surface area contributed by atoms with Crippen molar-refractivity contribution in [2.24, 2.45) is 0 Å². The molecule has 0 aliphatic heterocycles. The third-order valence-corrected chi connectivity index (χ3v) is 0.886. The third kappa shape index (κ3) is 0.653. The van der Waals surface area contributed by atoms with Crippen LogP contribution in [0.4, 0.5) is 8.96 Å². The summed E-state index contributed by atoms with van der Waals surface area (Å²) in [6, 6.07) is -0.315. The summed E-state index contributed by atoms with van der Waals surface area (Å²) in [6.07, 6.45) is 1.42. The van der Waals surface area contributed by atoms with E-state index in [-0.39, 0.29) is 6.04 Å². The van der Waals surface area contributed by atoms with E-state index in [4.69, 9.17) is 0 Å². The van der Waals surface area contributed by atoms with E-state index in [9.17, 15) is 8.96 Å². The summed E-state index contributed by atoms with van der Waals surface area (Å²) in [5, 5.41) is -1.38. The minimum atomic E-state index is -1.38. The molecule has 0 aromatic carbocycles. The van der Waals surface area contributed by atoms with Crippen molar-refractivity contribution in [3.8, 4) is 0 Å². The number of nitrogens with one attached hydrogen (secondary N) is 1. The molecule has 0 amide bonds. The van der Waals surface area contributed by atoms with Gasteiger partial charge in [0.05, 0.1) is 0 Å². The van der Waals surface area contributed by atoms with Gasteiger partial charge in [0.2, 0.25) is 0 Å². The molecule has 1 rings (SSSR count). The Hall–Kier alpha value is -0.180. The van der Waals surface area contributed by atoms with Gasteiger partial charge in [0.1, 0.15) is 0 Å². The Morgan fingerprint density at radius 2 is 1.83 bits per heavy atom. The number of quaternary nitrogens is 1. The van der Waals surface area contributed by atoms with Crippen LogP contribution in [0.15, 0.2) is 0 Å². The van der Waals surface area contributed by atoms with Crippen LogP contribution in [0.1, 0.15) is 12.8 Å². The third-order valence-electron chi connectivity index (χ3n) is 0.886. The molecule has 0 unspecified atom stereocenters. The van der Waals surface area contributed by atoms with E-state index in [1.807, 2.05) is 0 Å². The summed E-state index contributed by atoms with van der Waals surface area (Å²) in [7, 11) is 0. The van der Waals surface area contributed by atoms with Gasteiger partial charge in [-0.3, -0.25) is 0 Å². The van der Waals surface area contributed by atoms with Crippen molar-refractivity contribution in [3.05, 3.63) is 0 Å². The molecular formula is C3H6F2N+. The first kappa shape index (κ1) is 3.99. The van der Waals surface area contributed by atoms with Gasteiger partial charge in [-0.1, -0.05) is 0 Å². The van der Waals surface area contributed by atoms with E-state index < -0.39 is 5.34 Å². The molecule has 0 radical (unpaired) electrons.